The second kappa shape index (κ2) is 7.61. The quantitative estimate of drug-likeness (QED) is 0.375. The molecule has 0 aliphatic carbocycles. The Labute approximate surface area is 140 Å². The number of hydrogen-bond acceptors (Lipinski definition) is 2. The molecule has 2 amide bonds. The van der Waals surface area contributed by atoms with E-state index >= 15 is 0 Å². The van der Waals surface area contributed by atoms with E-state index in [-0.39, 0.29) is 23.9 Å². The third-order valence-corrected chi connectivity index (χ3v) is 3.17. The first kappa shape index (κ1) is 18.2. The number of benzene rings is 2. The van der Waals surface area contributed by atoms with Crippen molar-refractivity contribution >= 4 is 17.5 Å². The third-order valence-electron chi connectivity index (χ3n) is 3.17. The van der Waals surface area contributed by atoms with E-state index in [1.54, 1.807) is 0 Å². The van der Waals surface area contributed by atoms with E-state index in [9.17, 15) is 27.2 Å². The normalized spacial score (nSPS) is 10.2. The van der Waals surface area contributed by atoms with E-state index < -0.39 is 40.6 Å². The monoisotopic (exact) mass is 352 g/mol. The summed E-state index contributed by atoms with van der Waals surface area (Å²) < 4.78 is 53.1. The molecule has 0 saturated heterocycles. The first-order valence-corrected chi connectivity index (χ1v) is 6.99. The summed E-state index contributed by atoms with van der Waals surface area (Å²) in [6, 6.07) is 5.98. The molecule has 0 heterocycles. The Kier molecular flexibility index (Phi) is 5.53. The zero-order chi connectivity index (χ0) is 18.6. The van der Waals surface area contributed by atoms with Gasteiger partial charge in [0.1, 0.15) is 0 Å². The molecule has 0 spiro atoms. The molecule has 2 rings (SSSR count). The molecule has 130 valence electrons. The summed E-state index contributed by atoms with van der Waals surface area (Å²) in [7, 11) is 0. The van der Waals surface area contributed by atoms with Gasteiger partial charge in [-0.2, -0.15) is 0 Å². The lowest BCUT2D eigenvalue weighted by molar-refractivity contribution is 0.0959. The predicted molar refractivity (Wildman–Crippen MR) is 83.2 cm³/mol. The number of hydrogen-bond donors (Lipinski definition) is 2. The van der Waals surface area contributed by atoms with Gasteiger partial charge in [0.25, 0.3) is 11.8 Å². The number of nitrogens with one attached hydrogen (secondary N) is 2. The molecular formula is C17H12F4N2O2. The SMILES string of the molecule is C=CCNC(=O)c1ccccc1NC(=O)c1cc(F)c(F)c(F)c1F. The third kappa shape index (κ3) is 3.85. The van der Waals surface area contributed by atoms with Crippen LogP contribution in [0.2, 0.25) is 0 Å². The highest BCUT2D eigenvalue weighted by atomic mass is 19.2. The van der Waals surface area contributed by atoms with Crippen LogP contribution in [0.5, 0.6) is 0 Å². The Hall–Kier alpha value is -3.16. The second-order valence-corrected chi connectivity index (χ2v) is 4.85. The van der Waals surface area contributed by atoms with E-state index in [4.69, 9.17) is 0 Å². The van der Waals surface area contributed by atoms with Crippen molar-refractivity contribution in [1.29, 1.82) is 0 Å². The Morgan fingerprint density at radius 3 is 2.32 bits per heavy atom. The predicted octanol–water partition coefficient (Wildman–Crippen LogP) is 3.41. The summed E-state index contributed by atoms with van der Waals surface area (Å²) in [5, 5.41) is 4.66. The molecule has 0 aromatic heterocycles. The summed E-state index contributed by atoms with van der Waals surface area (Å²) in [4.78, 5) is 24.1. The molecule has 0 saturated carbocycles. The van der Waals surface area contributed by atoms with E-state index in [2.05, 4.69) is 17.2 Å². The molecule has 25 heavy (non-hydrogen) atoms. The molecule has 0 radical (unpaired) electrons. The molecule has 2 N–H and O–H groups in total. The van der Waals surface area contributed by atoms with E-state index in [0.717, 1.165) is 0 Å². The van der Waals surface area contributed by atoms with Crippen molar-refractivity contribution in [3.05, 3.63) is 77.4 Å². The number of amides is 2. The minimum Gasteiger partial charge on any atom is -0.349 e. The van der Waals surface area contributed by atoms with Gasteiger partial charge in [0.15, 0.2) is 23.3 Å². The molecule has 0 atom stereocenters. The van der Waals surface area contributed by atoms with Gasteiger partial charge in [-0.1, -0.05) is 18.2 Å². The van der Waals surface area contributed by atoms with Crippen LogP contribution in [0.4, 0.5) is 23.2 Å². The maximum Gasteiger partial charge on any atom is 0.258 e. The average Bonchev–Trinajstić information content (AvgIpc) is 2.61. The van der Waals surface area contributed by atoms with Crippen LogP contribution in [0.3, 0.4) is 0 Å². The molecular weight excluding hydrogens is 340 g/mol. The minimum atomic E-state index is -2.10. The molecule has 0 unspecified atom stereocenters. The highest BCUT2D eigenvalue weighted by Gasteiger charge is 2.24. The van der Waals surface area contributed by atoms with Crippen LogP contribution in [-0.2, 0) is 0 Å². The van der Waals surface area contributed by atoms with E-state index in [1.807, 2.05) is 0 Å². The first-order chi connectivity index (χ1) is 11.9. The van der Waals surface area contributed by atoms with Crippen molar-refractivity contribution in [2.45, 2.75) is 0 Å². The first-order valence-electron chi connectivity index (χ1n) is 6.99. The fourth-order valence-electron chi connectivity index (χ4n) is 1.98. The van der Waals surface area contributed by atoms with E-state index in [0.29, 0.717) is 0 Å². The van der Waals surface area contributed by atoms with Crippen LogP contribution in [-0.4, -0.2) is 18.4 Å². The fraction of sp³-hybridized carbons (Fsp3) is 0.0588. The summed E-state index contributed by atoms with van der Waals surface area (Å²) in [5.41, 5.74) is -1.00. The fourth-order valence-corrected chi connectivity index (χ4v) is 1.98. The zero-order valence-electron chi connectivity index (χ0n) is 12.7. The van der Waals surface area contributed by atoms with Gasteiger partial charge < -0.3 is 10.6 Å². The average molecular weight is 352 g/mol. The van der Waals surface area contributed by atoms with Crippen LogP contribution in [0.15, 0.2) is 43.0 Å². The van der Waals surface area contributed by atoms with Crippen molar-refractivity contribution < 1.29 is 27.2 Å². The summed E-state index contributed by atoms with van der Waals surface area (Å²) in [6.07, 6.45) is 1.44. The maximum atomic E-state index is 13.7. The number of para-hydroxylation sites is 1. The van der Waals surface area contributed by atoms with Crippen LogP contribution in [0, 0.1) is 23.3 Å². The molecule has 0 aliphatic rings. The van der Waals surface area contributed by atoms with Crippen molar-refractivity contribution in [2.24, 2.45) is 0 Å². The zero-order valence-corrected chi connectivity index (χ0v) is 12.7. The maximum absolute atomic E-state index is 13.7. The van der Waals surface area contributed by atoms with Crippen molar-refractivity contribution in [3.8, 4) is 0 Å². The van der Waals surface area contributed by atoms with Gasteiger partial charge in [-0.15, -0.1) is 6.58 Å². The lowest BCUT2D eigenvalue weighted by Gasteiger charge is -2.11. The van der Waals surface area contributed by atoms with Gasteiger partial charge in [0.2, 0.25) is 0 Å². The number of halogens is 4. The van der Waals surface area contributed by atoms with Crippen molar-refractivity contribution in [1.82, 2.24) is 5.32 Å². The lowest BCUT2D eigenvalue weighted by Crippen LogP contribution is -2.25. The Bertz CT molecular complexity index is 853. The van der Waals surface area contributed by atoms with E-state index in [1.165, 1.54) is 30.3 Å². The summed E-state index contributed by atoms with van der Waals surface area (Å²) in [5.74, 6) is -9.43. The number of rotatable bonds is 5. The largest absolute Gasteiger partial charge is 0.349 e. The highest BCUT2D eigenvalue weighted by Crippen LogP contribution is 2.21. The molecule has 2 aromatic carbocycles. The number of carbonyl (C=O) groups is 2. The van der Waals surface area contributed by atoms with Gasteiger partial charge >= 0.3 is 0 Å². The topological polar surface area (TPSA) is 58.2 Å². The second-order valence-electron chi connectivity index (χ2n) is 4.85. The van der Waals surface area contributed by atoms with Gasteiger partial charge in [0, 0.05) is 6.54 Å². The van der Waals surface area contributed by atoms with Crippen molar-refractivity contribution in [3.63, 3.8) is 0 Å². The van der Waals surface area contributed by atoms with Gasteiger partial charge in [0.05, 0.1) is 16.8 Å². The van der Waals surface area contributed by atoms with Crippen LogP contribution >= 0.6 is 0 Å². The van der Waals surface area contributed by atoms with Gasteiger partial charge in [-0.3, -0.25) is 9.59 Å². The molecule has 4 nitrogen and oxygen atoms in total. The number of anilines is 1. The van der Waals surface area contributed by atoms with Crippen LogP contribution in [0.1, 0.15) is 20.7 Å². The molecule has 0 aliphatic heterocycles. The van der Waals surface area contributed by atoms with Gasteiger partial charge in [-0.25, -0.2) is 17.6 Å². The smallest absolute Gasteiger partial charge is 0.258 e. The standard InChI is InChI=1S/C17H12F4N2O2/c1-2-7-22-16(24)9-5-3-4-6-12(9)23-17(25)10-8-11(18)14(20)15(21)13(10)19/h2-6,8H,1,7H2,(H,22,24)(H,23,25). The Morgan fingerprint density at radius 2 is 1.64 bits per heavy atom. The lowest BCUT2D eigenvalue weighted by atomic mass is 10.1. The van der Waals surface area contributed by atoms with Gasteiger partial charge in [-0.05, 0) is 18.2 Å². The Balaban J connectivity index is 2.34. The summed E-state index contributed by atoms with van der Waals surface area (Å²) >= 11 is 0. The molecule has 2 aromatic rings. The van der Waals surface area contributed by atoms with Crippen LogP contribution < -0.4 is 10.6 Å². The molecule has 8 heteroatoms. The number of carbonyl (C=O) groups excluding carboxylic acids is 2. The molecule has 0 fully saturated rings. The van der Waals surface area contributed by atoms with Crippen LogP contribution in [0.25, 0.3) is 0 Å². The van der Waals surface area contributed by atoms with Crippen molar-refractivity contribution in [2.75, 3.05) is 11.9 Å². The molecule has 0 bridgehead atoms. The minimum absolute atomic E-state index is 0.0152. The summed E-state index contributed by atoms with van der Waals surface area (Å²) in [6.45, 7) is 3.61. The highest BCUT2D eigenvalue weighted by molar-refractivity contribution is 6.09. The Morgan fingerprint density at radius 1 is 0.960 bits per heavy atom.